The summed E-state index contributed by atoms with van der Waals surface area (Å²) in [5.74, 6) is 3.30. The summed E-state index contributed by atoms with van der Waals surface area (Å²) in [7, 11) is 0. The molecule has 0 fully saturated rings. The monoisotopic (exact) mass is 594 g/mol. The van der Waals surface area contributed by atoms with Gasteiger partial charge in [0.15, 0.2) is 0 Å². The lowest BCUT2D eigenvalue weighted by atomic mass is 10.0. The number of unbranched alkanes of at least 4 members (excludes halogenated alkanes) is 2. The second-order valence-corrected chi connectivity index (χ2v) is 10.6. The summed E-state index contributed by atoms with van der Waals surface area (Å²) in [6, 6.07) is 5.74. The van der Waals surface area contributed by atoms with Crippen molar-refractivity contribution in [3.63, 3.8) is 0 Å². The van der Waals surface area contributed by atoms with E-state index in [1.54, 1.807) is 38.1 Å². The molecule has 0 saturated heterocycles. The number of carbonyl (C=O) groups excluding carboxylic acids is 6. The highest BCUT2D eigenvalue weighted by atomic mass is 32.2. The van der Waals surface area contributed by atoms with Gasteiger partial charge in [-0.3, -0.25) is 34.3 Å². The number of nitrogens with one attached hydrogen (secondary N) is 4. The number of hydrogen-bond acceptors (Lipinski definition) is 9. The summed E-state index contributed by atoms with van der Waals surface area (Å²) in [5, 5.41) is 7.68. The zero-order valence-electron chi connectivity index (χ0n) is 24.1. The number of carbonyl (C=O) groups is 6. The van der Waals surface area contributed by atoms with Gasteiger partial charge in [0, 0.05) is 18.7 Å². The molecule has 0 heterocycles. The molecule has 0 aliphatic heterocycles. The van der Waals surface area contributed by atoms with Crippen LogP contribution in [0.15, 0.2) is 24.3 Å². The van der Waals surface area contributed by atoms with Crippen molar-refractivity contribution in [3.05, 3.63) is 29.8 Å². The molecule has 0 saturated carbocycles. The van der Waals surface area contributed by atoms with Crippen molar-refractivity contribution >= 4 is 53.6 Å². The highest BCUT2D eigenvalue weighted by Gasteiger charge is 2.25. The van der Waals surface area contributed by atoms with Gasteiger partial charge in [-0.25, -0.2) is 10.6 Å². The van der Waals surface area contributed by atoms with Crippen LogP contribution in [0.2, 0.25) is 0 Å². The molecule has 1 rings (SSSR count). The van der Waals surface area contributed by atoms with Crippen molar-refractivity contribution in [2.24, 2.45) is 11.8 Å². The molecule has 0 radical (unpaired) electrons. The standard InChI is InChI=1S/C27H42N6O7S/c1-5-21(41-4)26(38)33(17-34)14-8-6-7-9-22(35)31-24(18(2)3)25(37)29-15-23(36)30-20-12-10-19(11-13-20)16-40-27(39)32-28/h10-13,17-18,21,24H,5-9,14-16,28H2,1-4H3,(H,29,37)(H,30,36)(H,31,35)(H,32,39). The molecule has 228 valence electrons. The number of thioether (sulfide) groups is 1. The average Bonchev–Trinajstić information content (AvgIpc) is 2.96. The van der Waals surface area contributed by atoms with E-state index < -0.39 is 23.9 Å². The van der Waals surface area contributed by atoms with Crippen LogP contribution in [0.1, 0.15) is 58.4 Å². The van der Waals surface area contributed by atoms with Crippen LogP contribution >= 0.6 is 11.8 Å². The minimum absolute atomic E-state index is 0.00713. The number of imide groups is 1. The van der Waals surface area contributed by atoms with Crippen molar-refractivity contribution < 1.29 is 33.5 Å². The van der Waals surface area contributed by atoms with Crippen molar-refractivity contribution in [2.75, 3.05) is 24.7 Å². The summed E-state index contributed by atoms with van der Waals surface area (Å²) in [5.41, 5.74) is 3.02. The Morgan fingerprint density at radius 3 is 2.29 bits per heavy atom. The fourth-order valence-electron chi connectivity index (χ4n) is 3.72. The predicted molar refractivity (Wildman–Crippen MR) is 156 cm³/mol. The molecule has 1 aromatic carbocycles. The van der Waals surface area contributed by atoms with Gasteiger partial charge in [-0.15, -0.1) is 0 Å². The molecule has 2 unspecified atom stereocenters. The molecule has 14 heteroatoms. The highest BCUT2D eigenvalue weighted by Crippen LogP contribution is 2.14. The molecule has 13 nitrogen and oxygen atoms in total. The third-order valence-electron chi connectivity index (χ3n) is 6.06. The molecule has 0 spiro atoms. The van der Waals surface area contributed by atoms with E-state index in [0.29, 0.717) is 49.9 Å². The highest BCUT2D eigenvalue weighted by molar-refractivity contribution is 7.99. The zero-order chi connectivity index (χ0) is 30.8. The Balaban J connectivity index is 2.43. The van der Waals surface area contributed by atoms with Gasteiger partial charge in [-0.05, 0) is 49.1 Å². The van der Waals surface area contributed by atoms with Gasteiger partial charge in [-0.2, -0.15) is 11.8 Å². The molecule has 6 N–H and O–H groups in total. The molecule has 0 aliphatic rings. The predicted octanol–water partition coefficient (Wildman–Crippen LogP) is 1.67. The molecule has 41 heavy (non-hydrogen) atoms. The van der Waals surface area contributed by atoms with E-state index in [2.05, 4.69) is 16.0 Å². The summed E-state index contributed by atoms with van der Waals surface area (Å²) in [6.07, 6.45) is 4.20. The third-order valence-corrected chi connectivity index (χ3v) is 7.16. The lowest BCUT2D eigenvalue weighted by Crippen LogP contribution is -2.51. The fourth-order valence-corrected chi connectivity index (χ4v) is 4.39. The zero-order valence-corrected chi connectivity index (χ0v) is 24.9. The Labute approximate surface area is 245 Å². The van der Waals surface area contributed by atoms with Gasteiger partial charge in [0.2, 0.25) is 30.0 Å². The Morgan fingerprint density at radius 2 is 1.73 bits per heavy atom. The normalized spacial score (nSPS) is 12.0. The molecular formula is C27H42N6O7S. The van der Waals surface area contributed by atoms with E-state index in [0.717, 1.165) is 0 Å². The summed E-state index contributed by atoms with van der Waals surface area (Å²) >= 11 is 1.41. The number of benzene rings is 1. The summed E-state index contributed by atoms with van der Waals surface area (Å²) < 4.78 is 4.83. The van der Waals surface area contributed by atoms with Gasteiger partial charge < -0.3 is 20.7 Å². The Morgan fingerprint density at radius 1 is 1.05 bits per heavy atom. The third kappa shape index (κ3) is 13.5. The lowest BCUT2D eigenvalue weighted by Gasteiger charge is -2.22. The van der Waals surface area contributed by atoms with Gasteiger partial charge in [0.05, 0.1) is 11.8 Å². The van der Waals surface area contributed by atoms with E-state index in [4.69, 9.17) is 10.6 Å². The van der Waals surface area contributed by atoms with Crippen LogP contribution in [-0.4, -0.2) is 71.7 Å². The molecule has 2 atom stereocenters. The van der Waals surface area contributed by atoms with Crippen LogP contribution in [0.4, 0.5) is 10.5 Å². The van der Waals surface area contributed by atoms with E-state index in [-0.39, 0.29) is 42.6 Å². The number of ether oxygens (including phenoxy) is 1. The number of anilines is 1. The number of nitrogens with zero attached hydrogens (tertiary/aromatic N) is 1. The number of hydrazine groups is 1. The van der Waals surface area contributed by atoms with E-state index in [9.17, 15) is 28.8 Å². The number of amides is 6. The summed E-state index contributed by atoms with van der Waals surface area (Å²) in [6.45, 7) is 5.49. The van der Waals surface area contributed by atoms with Crippen LogP contribution in [0.3, 0.4) is 0 Å². The number of hydrogen-bond donors (Lipinski definition) is 5. The van der Waals surface area contributed by atoms with Crippen molar-refractivity contribution in [3.8, 4) is 0 Å². The maximum Gasteiger partial charge on any atom is 0.421 e. The fraction of sp³-hybridized carbons (Fsp3) is 0.556. The maximum atomic E-state index is 12.7. The van der Waals surface area contributed by atoms with E-state index >= 15 is 0 Å². The second kappa shape index (κ2) is 19.4. The van der Waals surface area contributed by atoms with Crippen LogP contribution in [0, 0.1) is 5.92 Å². The molecule has 0 aromatic heterocycles. The minimum Gasteiger partial charge on any atom is -0.444 e. The van der Waals surface area contributed by atoms with Gasteiger partial charge in [0.25, 0.3) is 0 Å². The van der Waals surface area contributed by atoms with Crippen LogP contribution < -0.4 is 27.2 Å². The lowest BCUT2D eigenvalue weighted by molar-refractivity contribution is -0.138. The van der Waals surface area contributed by atoms with Crippen LogP contribution in [0.25, 0.3) is 0 Å². The van der Waals surface area contributed by atoms with E-state index in [1.165, 1.54) is 16.7 Å². The van der Waals surface area contributed by atoms with Crippen molar-refractivity contribution in [1.29, 1.82) is 0 Å². The maximum absolute atomic E-state index is 12.7. The van der Waals surface area contributed by atoms with Gasteiger partial charge in [-0.1, -0.05) is 39.3 Å². The Bertz CT molecular complexity index is 1020. The minimum atomic E-state index is -0.819. The van der Waals surface area contributed by atoms with Crippen molar-refractivity contribution in [2.45, 2.75) is 70.8 Å². The van der Waals surface area contributed by atoms with Gasteiger partial charge >= 0.3 is 6.09 Å². The molecule has 6 amide bonds. The quantitative estimate of drug-likeness (QED) is 0.0553. The first-order valence-corrected chi connectivity index (χ1v) is 14.7. The molecule has 0 aliphatic carbocycles. The first-order valence-electron chi connectivity index (χ1n) is 13.4. The summed E-state index contributed by atoms with van der Waals surface area (Å²) in [4.78, 5) is 73.3. The number of nitrogens with two attached hydrogens (primary N) is 1. The SMILES string of the molecule is CCC(SC)C(=O)N(C=O)CCCCCC(=O)NC(C(=O)NCC(=O)Nc1ccc(COC(=O)NN)cc1)C(C)C. The number of rotatable bonds is 18. The van der Waals surface area contributed by atoms with E-state index in [1.807, 2.05) is 18.6 Å². The molecular weight excluding hydrogens is 552 g/mol. The van der Waals surface area contributed by atoms with Crippen molar-refractivity contribution in [1.82, 2.24) is 21.0 Å². The average molecular weight is 595 g/mol. The Kier molecular flexibility index (Phi) is 16.8. The van der Waals surface area contributed by atoms with Gasteiger partial charge in [0.1, 0.15) is 12.6 Å². The first kappa shape index (κ1) is 35.4. The Hall–Kier alpha value is -3.65. The molecule has 0 bridgehead atoms. The van der Waals surface area contributed by atoms with Crippen LogP contribution in [0.5, 0.6) is 0 Å². The largest absolute Gasteiger partial charge is 0.444 e. The topological polar surface area (TPSA) is 189 Å². The first-order chi connectivity index (χ1) is 19.6. The molecule has 1 aromatic rings. The smallest absolute Gasteiger partial charge is 0.421 e. The van der Waals surface area contributed by atoms with Crippen LogP contribution in [-0.2, 0) is 35.3 Å². The second-order valence-electron chi connectivity index (χ2n) is 9.55.